The molecule has 5 nitrogen and oxygen atoms in total. The second-order valence-corrected chi connectivity index (χ2v) is 4.81. The van der Waals surface area contributed by atoms with E-state index in [0.29, 0.717) is 29.0 Å². The molecule has 0 unspecified atom stereocenters. The van der Waals surface area contributed by atoms with E-state index >= 15 is 0 Å². The number of rotatable bonds is 5. The molecule has 0 saturated carbocycles. The minimum atomic E-state index is -0.557. The molecular formula is C16H13FN2O3. The van der Waals surface area contributed by atoms with Crippen molar-refractivity contribution in [3.05, 3.63) is 59.5 Å². The standard InChI is InChI=1S/C16H13FN2O3/c17-13-4-2-1-3-10(13)7-14-12-6-5-11(21-9-16(18)20)8-15(12)22-19-14/h1-6,8H,7,9H2,(H2,18,20). The highest BCUT2D eigenvalue weighted by Gasteiger charge is 2.12. The Kier molecular flexibility index (Phi) is 3.74. The van der Waals surface area contributed by atoms with E-state index in [1.54, 1.807) is 36.4 Å². The van der Waals surface area contributed by atoms with Crippen LogP contribution in [0.4, 0.5) is 4.39 Å². The van der Waals surface area contributed by atoms with E-state index in [0.717, 1.165) is 5.39 Å². The van der Waals surface area contributed by atoms with Crippen LogP contribution in [0.15, 0.2) is 47.0 Å². The molecule has 0 saturated heterocycles. The summed E-state index contributed by atoms with van der Waals surface area (Å²) in [4.78, 5) is 10.7. The molecule has 0 aliphatic rings. The Labute approximate surface area is 125 Å². The van der Waals surface area contributed by atoms with Gasteiger partial charge in [-0.05, 0) is 23.8 Å². The van der Waals surface area contributed by atoms with E-state index in [1.807, 2.05) is 0 Å². The summed E-state index contributed by atoms with van der Waals surface area (Å²) in [6.07, 6.45) is 0.334. The zero-order valence-electron chi connectivity index (χ0n) is 11.6. The Balaban J connectivity index is 1.86. The van der Waals surface area contributed by atoms with Gasteiger partial charge < -0.3 is 15.0 Å². The minimum absolute atomic E-state index is 0.207. The fraction of sp³-hybridized carbons (Fsp3) is 0.125. The number of hydrogen-bond donors (Lipinski definition) is 1. The molecule has 3 aromatic rings. The van der Waals surface area contributed by atoms with Crippen LogP contribution in [0.5, 0.6) is 5.75 Å². The fourth-order valence-corrected chi connectivity index (χ4v) is 2.16. The van der Waals surface area contributed by atoms with Crippen molar-refractivity contribution in [2.75, 3.05) is 6.61 Å². The molecule has 2 aromatic carbocycles. The average Bonchev–Trinajstić information content (AvgIpc) is 2.90. The van der Waals surface area contributed by atoms with E-state index in [4.69, 9.17) is 15.0 Å². The summed E-state index contributed by atoms with van der Waals surface area (Å²) in [6.45, 7) is -0.207. The molecule has 112 valence electrons. The van der Waals surface area contributed by atoms with Crippen molar-refractivity contribution < 1.29 is 18.4 Å². The van der Waals surface area contributed by atoms with Crippen LogP contribution in [0.25, 0.3) is 11.0 Å². The van der Waals surface area contributed by atoms with Gasteiger partial charge in [0.1, 0.15) is 11.6 Å². The number of halogens is 1. The van der Waals surface area contributed by atoms with Gasteiger partial charge in [0.25, 0.3) is 5.91 Å². The van der Waals surface area contributed by atoms with Gasteiger partial charge in [-0.15, -0.1) is 0 Å². The van der Waals surface area contributed by atoms with Crippen molar-refractivity contribution in [3.8, 4) is 5.75 Å². The molecule has 1 aromatic heterocycles. The maximum Gasteiger partial charge on any atom is 0.255 e. The normalized spacial score (nSPS) is 10.8. The quantitative estimate of drug-likeness (QED) is 0.785. The lowest BCUT2D eigenvalue weighted by molar-refractivity contribution is -0.119. The number of aromatic nitrogens is 1. The molecule has 0 spiro atoms. The predicted molar refractivity (Wildman–Crippen MR) is 77.9 cm³/mol. The van der Waals surface area contributed by atoms with Gasteiger partial charge in [-0.3, -0.25) is 4.79 Å². The smallest absolute Gasteiger partial charge is 0.255 e. The molecular weight excluding hydrogens is 287 g/mol. The zero-order valence-corrected chi connectivity index (χ0v) is 11.6. The number of ether oxygens (including phenoxy) is 1. The van der Waals surface area contributed by atoms with E-state index in [2.05, 4.69) is 5.16 Å². The van der Waals surface area contributed by atoms with E-state index in [-0.39, 0.29) is 12.4 Å². The Morgan fingerprint density at radius 2 is 2.09 bits per heavy atom. The molecule has 3 rings (SSSR count). The topological polar surface area (TPSA) is 78.4 Å². The summed E-state index contributed by atoms with van der Waals surface area (Å²) < 4.78 is 24.1. The number of primary amides is 1. The second kappa shape index (κ2) is 5.85. The SMILES string of the molecule is NC(=O)COc1ccc2c(Cc3ccccc3F)noc2c1. The number of benzene rings is 2. The number of amides is 1. The molecule has 0 bridgehead atoms. The van der Waals surface area contributed by atoms with E-state index in [1.165, 1.54) is 6.07 Å². The summed E-state index contributed by atoms with van der Waals surface area (Å²) in [6, 6.07) is 11.6. The maximum absolute atomic E-state index is 13.7. The van der Waals surface area contributed by atoms with Gasteiger partial charge in [-0.1, -0.05) is 23.4 Å². The van der Waals surface area contributed by atoms with Crippen molar-refractivity contribution in [1.29, 1.82) is 0 Å². The monoisotopic (exact) mass is 300 g/mol. The van der Waals surface area contributed by atoms with E-state index in [9.17, 15) is 9.18 Å². The highest BCUT2D eigenvalue weighted by Crippen LogP contribution is 2.25. The largest absolute Gasteiger partial charge is 0.484 e. The van der Waals surface area contributed by atoms with Crippen LogP contribution in [0.1, 0.15) is 11.3 Å². The lowest BCUT2D eigenvalue weighted by Gasteiger charge is -2.03. The number of carbonyl (C=O) groups is 1. The summed E-state index contributed by atoms with van der Waals surface area (Å²) in [5.41, 5.74) is 6.72. The van der Waals surface area contributed by atoms with Crippen LogP contribution in [-0.2, 0) is 11.2 Å². The molecule has 0 aliphatic heterocycles. The number of carbonyl (C=O) groups excluding carboxylic acids is 1. The predicted octanol–water partition coefficient (Wildman–Crippen LogP) is 2.42. The molecule has 1 amide bonds. The van der Waals surface area contributed by atoms with Crippen molar-refractivity contribution in [1.82, 2.24) is 5.16 Å². The lowest BCUT2D eigenvalue weighted by Crippen LogP contribution is -2.19. The first-order chi connectivity index (χ1) is 10.6. The van der Waals surface area contributed by atoms with Gasteiger partial charge in [0.2, 0.25) is 0 Å². The Bertz CT molecular complexity index is 829. The highest BCUT2D eigenvalue weighted by molar-refractivity contribution is 5.81. The van der Waals surface area contributed by atoms with Crippen LogP contribution in [0, 0.1) is 5.82 Å². The van der Waals surface area contributed by atoms with Crippen LogP contribution < -0.4 is 10.5 Å². The molecule has 0 radical (unpaired) electrons. The van der Waals surface area contributed by atoms with E-state index < -0.39 is 5.91 Å². The average molecular weight is 300 g/mol. The number of nitrogens with zero attached hydrogens (tertiary/aromatic N) is 1. The van der Waals surface area contributed by atoms with Crippen LogP contribution in [0.3, 0.4) is 0 Å². The lowest BCUT2D eigenvalue weighted by atomic mass is 10.1. The molecule has 6 heteroatoms. The molecule has 0 fully saturated rings. The molecule has 0 atom stereocenters. The Morgan fingerprint density at radius 3 is 2.86 bits per heavy atom. The maximum atomic E-state index is 13.7. The molecule has 1 heterocycles. The Morgan fingerprint density at radius 1 is 1.27 bits per heavy atom. The third kappa shape index (κ3) is 2.90. The number of fused-ring (bicyclic) bond motifs is 1. The van der Waals surface area contributed by atoms with Gasteiger partial charge >= 0.3 is 0 Å². The zero-order chi connectivity index (χ0) is 15.5. The van der Waals surface area contributed by atoms with Crippen LogP contribution in [-0.4, -0.2) is 17.7 Å². The van der Waals surface area contributed by atoms with Crippen LogP contribution in [0.2, 0.25) is 0 Å². The fourth-order valence-electron chi connectivity index (χ4n) is 2.16. The summed E-state index contributed by atoms with van der Waals surface area (Å²) in [7, 11) is 0. The Hall–Kier alpha value is -2.89. The number of hydrogen-bond acceptors (Lipinski definition) is 4. The van der Waals surface area contributed by atoms with Gasteiger partial charge in [0.15, 0.2) is 12.2 Å². The molecule has 0 aliphatic carbocycles. The minimum Gasteiger partial charge on any atom is -0.484 e. The summed E-state index contributed by atoms with van der Waals surface area (Å²) in [5.74, 6) is -0.377. The first-order valence-electron chi connectivity index (χ1n) is 6.66. The highest BCUT2D eigenvalue weighted by atomic mass is 19.1. The summed E-state index contributed by atoms with van der Waals surface area (Å²) in [5, 5.41) is 4.75. The second-order valence-electron chi connectivity index (χ2n) is 4.81. The van der Waals surface area contributed by atoms with Gasteiger partial charge in [-0.2, -0.15) is 0 Å². The third-order valence-corrected chi connectivity index (χ3v) is 3.21. The van der Waals surface area contributed by atoms with Gasteiger partial charge in [-0.25, -0.2) is 4.39 Å². The van der Waals surface area contributed by atoms with Crippen molar-refractivity contribution >= 4 is 16.9 Å². The first-order valence-corrected chi connectivity index (χ1v) is 6.66. The van der Waals surface area contributed by atoms with Crippen molar-refractivity contribution in [3.63, 3.8) is 0 Å². The van der Waals surface area contributed by atoms with Crippen molar-refractivity contribution in [2.24, 2.45) is 5.73 Å². The van der Waals surface area contributed by atoms with Crippen molar-refractivity contribution in [2.45, 2.75) is 6.42 Å². The van der Waals surface area contributed by atoms with Crippen LogP contribution >= 0.6 is 0 Å². The van der Waals surface area contributed by atoms with Gasteiger partial charge in [0.05, 0.1) is 5.69 Å². The first kappa shape index (κ1) is 14.1. The molecule has 22 heavy (non-hydrogen) atoms. The third-order valence-electron chi connectivity index (χ3n) is 3.21. The number of nitrogens with two attached hydrogens (primary N) is 1. The summed E-state index contributed by atoms with van der Waals surface area (Å²) >= 11 is 0. The molecule has 2 N–H and O–H groups in total. The van der Waals surface area contributed by atoms with Gasteiger partial charge in [0, 0.05) is 17.9 Å².